The number of hydrogen-bond acceptors (Lipinski definition) is 4. The first kappa shape index (κ1) is 14.5. The Bertz CT molecular complexity index is 596. The molecular weight excluding hydrogens is 254 g/mol. The van der Waals surface area contributed by atoms with E-state index in [4.69, 9.17) is 9.47 Å². The molecule has 106 valence electrons. The van der Waals surface area contributed by atoms with Crippen molar-refractivity contribution in [3.8, 4) is 11.6 Å². The van der Waals surface area contributed by atoms with Crippen molar-refractivity contribution >= 4 is 0 Å². The Hall–Kier alpha value is -1.91. The predicted octanol–water partition coefficient (Wildman–Crippen LogP) is 3.13. The summed E-state index contributed by atoms with van der Waals surface area (Å²) in [5.41, 5.74) is 3.58. The Morgan fingerprint density at radius 3 is 2.70 bits per heavy atom. The lowest BCUT2D eigenvalue weighted by atomic mass is 10.1. The van der Waals surface area contributed by atoms with Gasteiger partial charge in [-0.2, -0.15) is 0 Å². The highest BCUT2D eigenvalue weighted by molar-refractivity contribution is 5.39. The van der Waals surface area contributed by atoms with E-state index >= 15 is 0 Å². The molecule has 1 aromatic carbocycles. The minimum atomic E-state index is -0.0911. The molecule has 0 fully saturated rings. The summed E-state index contributed by atoms with van der Waals surface area (Å²) in [6.07, 6.45) is 0. The molecule has 4 heteroatoms. The topological polar surface area (TPSA) is 51.6 Å². The molecule has 0 unspecified atom stereocenters. The molecule has 20 heavy (non-hydrogen) atoms. The monoisotopic (exact) mass is 273 g/mol. The van der Waals surface area contributed by atoms with E-state index in [1.54, 1.807) is 7.11 Å². The van der Waals surface area contributed by atoms with E-state index in [-0.39, 0.29) is 6.61 Å². The van der Waals surface area contributed by atoms with E-state index in [1.807, 2.05) is 44.2 Å². The predicted molar refractivity (Wildman–Crippen MR) is 76.9 cm³/mol. The average molecular weight is 273 g/mol. The van der Waals surface area contributed by atoms with Crippen molar-refractivity contribution in [3.05, 3.63) is 52.7 Å². The van der Waals surface area contributed by atoms with Gasteiger partial charge in [-0.15, -0.1) is 0 Å². The van der Waals surface area contributed by atoms with Crippen molar-refractivity contribution in [2.75, 3.05) is 7.11 Å². The zero-order chi connectivity index (χ0) is 14.5. The summed E-state index contributed by atoms with van der Waals surface area (Å²) in [6.45, 7) is 4.29. The maximum absolute atomic E-state index is 9.47. The van der Waals surface area contributed by atoms with Gasteiger partial charge in [0.05, 0.1) is 13.2 Å². The lowest BCUT2D eigenvalue weighted by molar-refractivity contribution is 0.184. The fourth-order valence-corrected chi connectivity index (χ4v) is 2.08. The van der Waals surface area contributed by atoms with E-state index in [9.17, 15) is 5.11 Å². The normalized spacial score (nSPS) is 10.6. The van der Waals surface area contributed by atoms with Crippen molar-refractivity contribution < 1.29 is 14.6 Å². The number of aromatic nitrogens is 1. The third kappa shape index (κ3) is 3.35. The van der Waals surface area contributed by atoms with Gasteiger partial charge >= 0.3 is 0 Å². The van der Waals surface area contributed by atoms with Crippen LogP contribution in [0.25, 0.3) is 0 Å². The van der Waals surface area contributed by atoms with E-state index < -0.39 is 0 Å². The molecule has 0 atom stereocenters. The summed E-state index contributed by atoms with van der Waals surface area (Å²) in [5.74, 6) is 1.14. The van der Waals surface area contributed by atoms with Gasteiger partial charge in [0.15, 0.2) is 0 Å². The van der Waals surface area contributed by atoms with E-state index in [0.717, 1.165) is 16.8 Å². The van der Waals surface area contributed by atoms with Crippen molar-refractivity contribution in [1.29, 1.82) is 0 Å². The van der Waals surface area contributed by atoms with Crippen LogP contribution in [0.2, 0.25) is 0 Å². The van der Waals surface area contributed by atoms with Crippen LogP contribution in [0.5, 0.6) is 11.6 Å². The number of ether oxygens (including phenoxy) is 2. The van der Waals surface area contributed by atoms with Gasteiger partial charge in [0.2, 0.25) is 5.88 Å². The second-order valence-electron chi connectivity index (χ2n) is 4.70. The van der Waals surface area contributed by atoms with E-state index in [0.29, 0.717) is 23.8 Å². The van der Waals surface area contributed by atoms with Crippen LogP contribution in [0.3, 0.4) is 0 Å². The molecule has 0 amide bonds. The maximum atomic E-state index is 9.47. The fourth-order valence-electron chi connectivity index (χ4n) is 2.08. The minimum absolute atomic E-state index is 0.0911. The highest BCUT2D eigenvalue weighted by Crippen LogP contribution is 2.27. The van der Waals surface area contributed by atoms with Crippen LogP contribution in [0.4, 0.5) is 0 Å². The van der Waals surface area contributed by atoms with Gasteiger partial charge in [-0.1, -0.05) is 12.1 Å². The molecule has 0 aliphatic heterocycles. The Morgan fingerprint density at radius 1 is 1.20 bits per heavy atom. The quantitative estimate of drug-likeness (QED) is 0.909. The Labute approximate surface area is 119 Å². The summed E-state index contributed by atoms with van der Waals surface area (Å²) in [6, 6.07) is 9.58. The second-order valence-corrected chi connectivity index (χ2v) is 4.70. The average Bonchev–Trinajstić information content (AvgIpc) is 2.39. The van der Waals surface area contributed by atoms with Crippen LogP contribution >= 0.6 is 0 Å². The lowest BCUT2D eigenvalue weighted by Crippen LogP contribution is -2.00. The van der Waals surface area contributed by atoms with Gasteiger partial charge in [0.25, 0.3) is 0 Å². The molecule has 2 aromatic rings. The summed E-state index contributed by atoms with van der Waals surface area (Å²) >= 11 is 0. The van der Waals surface area contributed by atoms with Crippen LogP contribution in [0.1, 0.15) is 22.4 Å². The third-order valence-electron chi connectivity index (χ3n) is 3.02. The molecule has 2 rings (SSSR count). The molecule has 1 heterocycles. The molecule has 0 aliphatic rings. The number of methoxy groups -OCH3 is 1. The molecule has 0 radical (unpaired) electrons. The minimum Gasteiger partial charge on any atom is -0.439 e. The van der Waals surface area contributed by atoms with Crippen molar-refractivity contribution in [1.82, 2.24) is 4.98 Å². The molecule has 0 bridgehead atoms. The van der Waals surface area contributed by atoms with Gasteiger partial charge in [-0.3, -0.25) is 0 Å². The highest BCUT2D eigenvalue weighted by Gasteiger charge is 2.10. The van der Waals surface area contributed by atoms with Crippen LogP contribution in [0.15, 0.2) is 30.3 Å². The molecule has 0 saturated heterocycles. The van der Waals surface area contributed by atoms with Gasteiger partial charge < -0.3 is 14.6 Å². The number of aliphatic hydroxyl groups is 1. The molecule has 0 saturated carbocycles. The van der Waals surface area contributed by atoms with Crippen molar-refractivity contribution in [3.63, 3.8) is 0 Å². The third-order valence-corrected chi connectivity index (χ3v) is 3.02. The summed E-state index contributed by atoms with van der Waals surface area (Å²) in [5, 5.41) is 9.47. The van der Waals surface area contributed by atoms with Crippen LogP contribution in [-0.4, -0.2) is 17.2 Å². The van der Waals surface area contributed by atoms with Crippen LogP contribution in [0, 0.1) is 13.8 Å². The van der Waals surface area contributed by atoms with Crippen molar-refractivity contribution in [2.45, 2.75) is 27.1 Å². The van der Waals surface area contributed by atoms with Crippen LogP contribution < -0.4 is 4.74 Å². The van der Waals surface area contributed by atoms with E-state index in [2.05, 4.69) is 4.98 Å². The SMILES string of the molecule is COCc1cccc(Oc2nc(C)cc(C)c2CO)c1. The molecule has 4 nitrogen and oxygen atoms in total. The van der Waals surface area contributed by atoms with Gasteiger partial charge in [-0.05, 0) is 43.2 Å². The number of rotatable bonds is 5. The Kier molecular flexibility index (Phi) is 4.71. The highest BCUT2D eigenvalue weighted by atomic mass is 16.5. The molecule has 1 aromatic heterocycles. The summed E-state index contributed by atoms with van der Waals surface area (Å²) in [7, 11) is 1.66. The number of benzene rings is 1. The van der Waals surface area contributed by atoms with Gasteiger partial charge in [0.1, 0.15) is 5.75 Å². The number of hydrogen-bond donors (Lipinski definition) is 1. The smallest absolute Gasteiger partial charge is 0.225 e. The Balaban J connectivity index is 2.32. The summed E-state index contributed by atoms with van der Waals surface area (Å²) in [4.78, 5) is 4.36. The molecule has 1 N–H and O–H groups in total. The molecule has 0 aliphatic carbocycles. The zero-order valence-electron chi connectivity index (χ0n) is 12.0. The standard InChI is InChI=1S/C16H19NO3/c1-11-7-12(2)17-16(15(11)9-18)20-14-6-4-5-13(8-14)10-19-3/h4-8,18H,9-10H2,1-3H3. The first-order chi connectivity index (χ1) is 9.63. The van der Waals surface area contributed by atoms with E-state index in [1.165, 1.54) is 0 Å². The van der Waals surface area contributed by atoms with Crippen molar-refractivity contribution in [2.24, 2.45) is 0 Å². The first-order valence-electron chi connectivity index (χ1n) is 6.47. The number of aryl methyl sites for hydroxylation is 2. The maximum Gasteiger partial charge on any atom is 0.225 e. The summed E-state index contributed by atoms with van der Waals surface area (Å²) < 4.78 is 10.9. The zero-order valence-corrected chi connectivity index (χ0v) is 12.0. The molecular formula is C16H19NO3. The largest absolute Gasteiger partial charge is 0.439 e. The van der Waals surface area contributed by atoms with Gasteiger partial charge in [-0.25, -0.2) is 4.98 Å². The number of pyridine rings is 1. The Morgan fingerprint density at radius 2 is 2.00 bits per heavy atom. The number of nitrogens with zero attached hydrogens (tertiary/aromatic N) is 1. The second kappa shape index (κ2) is 6.50. The molecule has 0 spiro atoms. The lowest BCUT2D eigenvalue weighted by Gasteiger charge is -2.12. The number of aliphatic hydroxyl groups excluding tert-OH is 1. The van der Waals surface area contributed by atoms with Gasteiger partial charge in [0, 0.05) is 18.4 Å². The fraction of sp³-hybridized carbons (Fsp3) is 0.312. The first-order valence-corrected chi connectivity index (χ1v) is 6.47. The van der Waals surface area contributed by atoms with Crippen LogP contribution in [-0.2, 0) is 18.0 Å².